The predicted molar refractivity (Wildman–Crippen MR) is 104 cm³/mol. The lowest BCUT2D eigenvalue weighted by molar-refractivity contribution is 0.0527. The van der Waals surface area contributed by atoms with Crippen LogP contribution in [0.3, 0.4) is 0 Å². The summed E-state index contributed by atoms with van der Waals surface area (Å²) in [6, 6.07) is 11.1. The third-order valence-corrected chi connectivity index (χ3v) is 4.51. The summed E-state index contributed by atoms with van der Waals surface area (Å²) in [5.41, 5.74) is 3.39. The summed E-state index contributed by atoms with van der Waals surface area (Å²) in [5.74, 6) is 0.234. The van der Waals surface area contributed by atoms with Crippen molar-refractivity contribution in [3.05, 3.63) is 58.7 Å². The molecule has 0 atom stereocenters. The molecule has 0 saturated heterocycles. The van der Waals surface area contributed by atoms with Crippen LogP contribution in [0.1, 0.15) is 22.8 Å². The first kappa shape index (κ1) is 18.0. The number of carbonyl (C=O) groups excluding carboxylic acids is 1. The van der Waals surface area contributed by atoms with E-state index in [-0.39, 0.29) is 6.61 Å². The lowest BCUT2D eigenvalue weighted by atomic mass is 10.1. The van der Waals surface area contributed by atoms with Crippen LogP contribution >= 0.6 is 11.6 Å². The lowest BCUT2D eigenvalue weighted by Gasteiger charge is -2.16. The number of methoxy groups -OCH3 is 1. The number of ether oxygens (including phenoxy) is 2. The standard InChI is InChI=1S/C20H19ClN2O3/c1-4-26-20(24)15-11-22-18-9-8-13(25-3)10-14(18)19(15)23-17-7-5-6-16(21)12(17)2/h5-11H,4H2,1-3H3,(H,22,23). The minimum atomic E-state index is -0.438. The Morgan fingerprint density at radius 3 is 2.81 bits per heavy atom. The third-order valence-electron chi connectivity index (χ3n) is 4.10. The number of halogens is 1. The summed E-state index contributed by atoms with van der Waals surface area (Å²) in [6.07, 6.45) is 1.52. The maximum atomic E-state index is 12.4. The number of rotatable bonds is 5. The van der Waals surface area contributed by atoms with Gasteiger partial charge in [0.1, 0.15) is 11.3 Å². The SMILES string of the molecule is CCOC(=O)c1cnc2ccc(OC)cc2c1Nc1cccc(Cl)c1C. The van der Waals surface area contributed by atoms with Crippen LogP contribution in [-0.4, -0.2) is 24.7 Å². The number of nitrogens with one attached hydrogen (secondary N) is 1. The van der Waals surface area contributed by atoms with Gasteiger partial charge in [0, 0.05) is 22.3 Å². The molecule has 3 rings (SSSR count). The topological polar surface area (TPSA) is 60.5 Å². The van der Waals surface area contributed by atoms with E-state index in [4.69, 9.17) is 21.1 Å². The van der Waals surface area contributed by atoms with Crippen LogP contribution in [0.4, 0.5) is 11.4 Å². The van der Waals surface area contributed by atoms with Crippen molar-refractivity contribution in [3.63, 3.8) is 0 Å². The van der Waals surface area contributed by atoms with Crippen LogP contribution in [0, 0.1) is 6.92 Å². The van der Waals surface area contributed by atoms with E-state index in [0.717, 1.165) is 22.2 Å². The third kappa shape index (κ3) is 3.44. The highest BCUT2D eigenvalue weighted by Gasteiger charge is 2.18. The molecular weight excluding hydrogens is 352 g/mol. The minimum absolute atomic E-state index is 0.282. The molecule has 0 radical (unpaired) electrons. The Hall–Kier alpha value is -2.79. The maximum absolute atomic E-state index is 12.4. The van der Waals surface area contributed by atoms with E-state index in [2.05, 4.69) is 10.3 Å². The number of nitrogens with zero attached hydrogens (tertiary/aromatic N) is 1. The van der Waals surface area contributed by atoms with E-state index in [9.17, 15) is 4.79 Å². The van der Waals surface area contributed by atoms with E-state index in [1.165, 1.54) is 6.20 Å². The number of fused-ring (bicyclic) bond motifs is 1. The quantitative estimate of drug-likeness (QED) is 0.631. The van der Waals surface area contributed by atoms with Crippen molar-refractivity contribution in [3.8, 4) is 5.75 Å². The number of aromatic nitrogens is 1. The number of hydrogen-bond acceptors (Lipinski definition) is 5. The molecule has 5 nitrogen and oxygen atoms in total. The van der Waals surface area contributed by atoms with Gasteiger partial charge in [-0.25, -0.2) is 4.79 Å². The largest absolute Gasteiger partial charge is 0.497 e. The minimum Gasteiger partial charge on any atom is -0.497 e. The Kier molecular flexibility index (Phi) is 5.28. The molecular formula is C20H19ClN2O3. The molecule has 3 aromatic rings. The summed E-state index contributed by atoms with van der Waals surface area (Å²) in [7, 11) is 1.60. The van der Waals surface area contributed by atoms with Gasteiger partial charge >= 0.3 is 5.97 Å². The summed E-state index contributed by atoms with van der Waals surface area (Å²) in [4.78, 5) is 16.8. The highest BCUT2D eigenvalue weighted by atomic mass is 35.5. The van der Waals surface area contributed by atoms with Crippen LogP contribution in [0.25, 0.3) is 10.9 Å². The van der Waals surface area contributed by atoms with E-state index < -0.39 is 5.97 Å². The van der Waals surface area contributed by atoms with Crippen molar-refractivity contribution in [1.82, 2.24) is 4.98 Å². The molecule has 0 aliphatic rings. The fourth-order valence-electron chi connectivity index (χ4n) is 2.67. The molecule has 0 saturated carbocycles. The number of anilines is 2. The second-order valence-corrected chi connectivity index (χ2v) is 6.10. The van der Waals surface area contributed by atoms with Gasteiger partial charge in [0.15, 0.2) is 0 Å². The molecule has 134 valence electrons. The van der Waals surface area contributed by atoms with Gasteiger partial charge in [0.05, 0.1) is 24.9 Å². The Labute approximate surface area is 156 Å². The van der Waals surface area contributed by atoms with Gasteiger partial charge in [-0.05, 0) is 49.7 Å². The van der Waals surface area contributed by atoms with Gasteiger partial charge in [-0.3, -0.25) is 4.98 Å². The first-order valence-corrected chi connectivity index (χ1v) is 8.59. The average Bonchev–Trinajstić information content (AvgIpc) is 2.65. The van der Waals surface area contributed by atoms with Crippen LogP contribution < -0.4 is 10.1 Å². The summed E-state index contributed by atoms with van der Waals surface area (Å²) in [6.45, 7) is 3.97. The Morgan fingerprint density at radius 2 is 2.08 bits per heavy atom. The number of esters is 1. The summed E-state index contributed by atoms with van der Waals surface area (Å²) < 4.78 is 10.5. The number of carbonyl (C=O) groups is 1. The van der Waals surface area contributed by atoms with Gasteiger partial charge in [0.2, 0.25) is 0 Å². The highest BCUT2D eigenvalue weighted by Crippen LogP contribution is 2.34. The molecule has 0 aliphatic heterocycles. The highest BCUT2D eigenvalue weighted by molar-refractivity contribution is 6.31. The smallest absolute Gasteiger partial charge is 0.341 e. The van der Waals surface area contributed by atoms with Gasteiger partial charge in [-0.15, -0.1) is 0 Å². The van der Waals surface area contributed by atoms with Crippen molar-refractivity contribution in [2.75, 3.05) is 19.0 Å². The molecule has 6 heteroatoms. The van der Waals surface area contributed by atoms with E-state index in [1.807, 2.05) is 43.3 Å². The maximum Gasteiger partial charge on any atom is 0.341 e. The zero-order valence-electron chi connectivity index (χ0n) is 14.8. The molecule has 1 aromatic heterocycles. The first-order chi connectivity index (χ1) is 12.5. The van der Waals surface area contributed by atoms with Crippen LogP contribution in [-0.2, 0) is 4.74 Å². The first-order valence-electron chi connectivity index (χ1n) is 8.21. The van der Waals surface area contributed by atoms with Gasteiger partial charge in [0.25, 0.3) is 0 Å². The van der Waals surface area contributed by atoms with E-state index in [0.29, 0.717) is 22.0 Å². The van der Waals surface area contributed by atoms with Gasteiger partial charge < -0.3 is 14.8 Å². The molecule has 26 heavy (non-hydrogen) atoms. The molecule has 0 bridgehead atoms. The van der Waals surface area contributed by atoms with Crippen LogP contribution in [0.2, 0.25) is 5.02 Å². The zero-order chi connectivity index (χ0) is 18.7. The molecule has 2 aromatic carbocycles. The Morgan fingerprint density at radius 1 is 1.27 bits per heavy atom. The lowest BCUT2D eigenvalue weighted by Crippen LogP contribution is -2.09. The van der Waals surface area contributed by atoms with Gasteiger partial charge in [-0.1, -0.05) is 17.7 Å². The Bertz CT molecular complexity index is 973. The van der Waals surface area contributed by atoms with Crippen molar-refractivity contribution in [2.45, 2.75) is 13.8 Å². The van der Waals surface area contributed by atoms with Crippen LogP contribution in [0.15, 0.2) is 42.6 Å². The molecule has 1 N–H and O–H groups in total. The normalized spacial score (nSPS) is 10.6. The molecule has 0 aliphatic carbocycles. The van der Waals surface area contributed by atoms with Crippen molar-refractivity contribution < 1.29 is 14.3 Å². The monoisotopic (exact) mass is 370 g/mol. The second-order valence-electron chi connectivity index (χ2n) is 5.69. The van der Waals surface area contributed by atoms with Crippen molar-refractivity contribution in [1.29, 1.82) is 0 Å². The Balaban J connectivity index is 2.22. The fraction of sp³-hybridized carbons (Fsp3) is 0.200. The number of hydrogen-bond donors (Lipinski definition) is 1. The van der Waals surface area contributed by atoms with E-state index in [1.54, 1.807) is 14.0 Å². The predicted octanol–water partition coefficient (Wildman–Crippen LogP) is 5.13. The van der Waals surface area contributed by atoms with Crippen molar-refractivity contribution >= 4 is 39.8 Å². The molecule has 0 spiro atoms. The molecule has 0 fully saturated rings. The molecule has 0 amide bonds. The number of benzene rings is 2. The van der Waals surface area contributed by atoms with Crippen molar-refractivity contribution in [2.24, 2.45) is 0 Å². The van der Waals surface area contributed by atoms with Gasteiger partial charge in [-0.2, -0.15) is 0 Å². The molecule has 0 unspecified atom stereocenters. The number of pyridine rings is 1. The second kappa shape index (κ2) is 7.62. The molecule has 1 heterocycles. The fourth-order valence-corrected chi connectivity index (χ4v) is 2.85. The average molecular weight is 371 g/mol. The summed E-state index contributed by atoms with van der Waals surface area (Å²) in [5, 5.41) is 4.74. The van der Waals surface area contributed by atoms with Crippen LogP contribution in [0.5, 0.6) is 5.75 Å². The van der Waals surface area contributed by atoms with E-state index >= 15 is 0 Å². The zero-order valence-corrected chi connectivity index (χ0v) is 15.6. The summed E-state index contributed by atoms with van der Waals surface area (Å²) >= 11 is 6.23.